The summed E-state index contributed by atoms with van der Waals surface area (Å²) in [4.78, 5) is 17.9. The molecule has 4 rings (SSSR count). The van der Waals surface area contributed by atoms with Gasteiger partial charge in [0.05, 0.1) is 24.9 Å². The molecule has 0 fully saturated rings. The predicted molar refractivity (Wildman–Crippen MR) is 145 cm³/mol. The highest BCUT2D eigenvalue weighted by atomic mass is 16.5. The Morgan fingerprint density at radius 1 is 1.18 bits per heavy atom. The standard InChI is InChI=1S/C30H36N2O6/c1-5-30(31)18-38-28-22(30)17-26(32-27(28)20-8-6-19(2)7-9-20)29(3,35)13-12-23(34)21-10-11-24(37-15-14-33)25(16-21)36-4/h6-11,16-17,33,35H,5,12-15,18,31H2,1-4H3/t29-,30+/m1/s1. The molecule has 0 spiro atoms. The molecule has 0 radical (unpaired) electrons. The lowest BCUT2D eigenvalue weighted by atomic mass is 9.86. The third-order valence-corrected chi connectivity index (χ3v) is 7.16. The van der Waals surface area contributed by atoms with Crippen molar-refractivity contribution < 1.29 is 29.2 Å². The van der Waals surface area contributed by atoms with E-state index in [1.165, 1.54) is 7.11 Å². The second-order valence-corrected chi connectivity index (χ2v) is 10.0. The topological polar surface area (TPSA) is 124 Å². The summed E-state index contributed by atoms with van der Waals surface area (Å²) < 4.78 is 16.8. The lowest BCUT2D eigenvalue weighted by Gasteiger charge is -2.26. The molecule has 4 N–H and O–H groups in total. The SMILES string of the molecule is CC[C@]1(N)COc2c1cc([C@](C)(O)CCC(=O)c1ccc(OCCO)c(OC)c1)nc2-c1ccc(C)cc1. The summed E-state index contributed by atoms with van der Waals surface area (Å²) in [7, 11) is 1.49. The van der Waals surface area contributed by atoms with E-state index in [1.54, 1.807) is 25.1 Å². The van der Waals surface area contributed by atoms with Gasteiger partial charge in [0.25, 0.3) is 0 Å². The van der Waals surface area contributed by atoms with Crippen LogP contribution in [0.3, 0.4) is 0 Å². The minimum Gasteiger partial charge on any atom is -0.493 e. The first-order valence-corrected chi connectivity index (χ1v) is 12.8. The van der Waals surface area contributed by atoms with Crippen LogP contribution in [0, 0.1) is 6.92 Å². The molecule has 2 heterocycles. The maximum absolute atomic E-state index is 13.1. The first kappa shape index (κ1) is 27.6. The molecule has 1 aromatic heterocycles. The summed E-state index contributed by atoms with van der Waals surface area (Å²) in [5.74, 6) is 1.34. The van der Waals surface area contributed by atoms with Gasteiger partial charge in [0.15, 0.2) is 23.0 Å². The predicted octanol–water partition coefficient (Wildman–Crippen LogP) is 4.26. The van der Waals surface area contributed by atoms with Crippen LogP contribution in [-0.2, 0) is 11.1 Å². The number of hydrogen-bond acceptors (Lipinski definition) is 8. The molecule has 0 bridgehead atoms. The number of nitrogens with two attached hydrogens (primary N) is 1. The fraction of sp³-hybridized carbons (Fsp3) is 0.400. The lowest BCUT2D eigenvalue weighted by molar-refractivity contribution is 0.0396. The second kappa shape index (κ2) is 11.1. The van der Waals surface area contributed by atoms with E-state index in [2.05, 4.69) is 0 Å². The highest BCUT2D eigenvalue weighted by molar-refractivity contribution is 5.96. The van der Waals surface area contributed by atoms with Crippen LogP contribution in [-0.4, -0.2) is 47.9 Å². The van der Waals surface area contributed by atoms with Crippen molar-refractivity contribution in [1.29, 1.82) is 0 Å². The molecule has 8 heteroatoms. The molecular weight excluding hydrogens is 484 g/mol. The van der Waals surface area contributed by atoms with Crippen LogP contribution in [0.5, 0.6) is 17.2 Å². The Kier molecular flexibility index (Phi) is 8.06. The van der Waals surface area contributed by atoms with Gasteiger partial charge in [0, 0.05) is 23.1 Å². The summed E-state index contributed by atoms with van der Waals surface area (Å²) >= 11 is 0. The van der Waals surface area contributed by atoms with Crippen LogP contribution in [0.15, 0.2) is 48.5 Å². The normalized spacial score (nSPS) is 17.9. The maximum atomic E-state index is 13.1. The number of methoxy groups -OCH3 is 1. The van der Waals surface area contributed by atoms with Crippen LogP contribution in [0.4, 0.5) is 0 Å². The molecule has 202 valence electrons. The van der Waals surface area contributed by atoms with Crippen molar-refractivity contribution in [2.24, 2.45) is 5.73 Å². The average molecular weight is 521 g/mol. The van der Waals surface area contributed by atoms with Crippen molar-refractivity contribution >= 4 is 5.78 Å². The van der Waals surface area contributed by atoms with Gasteiger partial charge >= 0.3 is 0 Å². The molecule has 1 aliphatic rings. The zero-order chi connectivity index (χ0) is 27.5. The van der Waals surface area contributed by atoms with Crippen molar-refractivity contribution in [1.82, 2.24) is 4.98 Å². The minimum absolute atomic E-state index is 0.0870. The number of nitrogens with zero attached hydrogens (tertiary/aromatic N) is 1. The Hall–Kier alpha value is -3.46. The van der Waals surface area contributed by atoms with Crippen LogP contribution >= 0.6 is 0 Å². The van der Waals surface area contributed by atoms with Crippen molar-refractivity contribution in [3.05, 3.63) is 70.9 Å². The Morgan fingerprint density at radius 2 is 1.92 bits per heavy atom. The number of aliphatic hydroxyl groups is 2. The summed E-state index contributed by atoms with van der Waals surface area (Å²) in [5, 5.41) is 20.5. The van der Waals surface area contributed by atoms with Crippen molar-refractivity contribution in [3.63, 3.8) is 0 Å². The molecule has 2 atom stereocenters. The molecule has 38 heavy (non-hydrogen) atoms. The van der Waals surface area contributed by atoms with Gasteiger partial charge in [-0.2, -0.15) is 0 Å². The molecule has 0 saturated carbocycles. The highest BCUT2D eigenvalue weighted by Gasteiger charge is 2.40. The Morgan fingerprint density at radius 3 is 2.58 bits per heavy atom. The quantitative estimate of drug-likeness (QED) is 0.320. The average Bonchev–Trinajstić information content (AvgIpc) is 3.27. The number of benzene rings is 2. The van der Waals surface area contributed by atoms with E-state index in [0.29, 0.717) is 47.2 Å². The van der Waals surface area contributed by atoms with E-state index in [1.807, 2.05) is 44.2 Å². The van der Waals surface area contributed by atoms with E-state index in [4.69, 9.17) is 30.0 Å². The molecule has 0 saturated heterocycles. The van der Waals surface area contributed by atoms with Gasteiger partial charge in [0.1, 0.15) is 24.5 Å². The van der Waals surface area contributed by atoms with Crippen LogP contribution < -0.4 is 19.9 Å². The number of ether oxygens (including phenoxy) is 3. The van der Waals surface area contributed by atoms with Gasteiger partial charge in [-0.25, -0.2) is 4.98 Å². The minimum atomic E-state index is -1.39. The second-order valence-electron chi connectivity index (χ2n) is 10.0. The number of carbonyl (C=O) groups is 1. The largest absolute Gasteiger partial charge is 0.493 e. The molecule has 0 aliphatic carbocycles. The number of aliphatic hydroxyl groups excluding tert-OH is 1. The number of carbonyl (C=O) groups excluding carboxylic acids is 1. The smallest absolute Gasteiger partial charge is 0.163 e. The van der Waals surface area contributed by atoms with Gasteiger partial charge < -0.3 is 30.2 Å². The fourth-order valence-corrected chi connectivity index (χ4v) is 4.55. The molecular formula is C30H36N2O6. The number of pyridine rings is 1. The first-order valence-electron chi connectivity index (χ1n) is 12.8. The van der Waals surface area contributed by atoms with E-state index in [9.17, 15) is 9.90 Å². The highest BCUT2D eigenvalue weighted by Crippen LogP contribution is 2.45. The number of ketones is 1. The van der Waals surface area contributed by atoms with E-state index >= 15 is 0 Å². The maximum Gasteiger partial charge on any atom is 0.163 e. The van der Waals surface area contributed by atoms with Crippen molar-refractivity contribution in [2.45, 2.75) is 51.2 Å². The lowest BCUT2D eigenvalue weighted by Crippen LogP contribution is -2.37. The first-order chi connectivity index (χ1) is 18.1. The number of Topliss-reactive ketones (excluding diaryl/α,β-unsaturated/α-hetero) is 1. The molecule has 2 aromatic carbocycles. The molecule has 0 amide bonds. The molecule has 3 aromatic rings. The summed E-state index contributed by atoms with van der Waals surface area (Å²) in [6.45, 7) is 6.03. The van der Waals surface area contributed by atoms with E-state index in [0.717, 1.165) is 16.7 Å². The van der Waals surface area contributed by atoms with Gasteiger partial charge in [-0.3, -0.25) is 4.79 Å². The van der Waals surface area contributed by atoms with Gasteiger partial charge in [-0.05, 0) is 51.0 Å². The molecule has 1 aliphatic heterocycles. The van der Waals surface area contributed by atoms with Crippen molar-refractivity contribution in [3.8, 4) is 28.5 Å². The monoisotopic (exact) mass is 520 g/mol. The van der Waals surface area contributed by atoms with Crippen LogP contribution in [0.1, 0.15) is 60.3 Å². The summed E-state index contributed by atoms with van der Waals surface area (Å²) in [6.07, 6.45) is 0.904. The summed E-state index contributed by atoms with van der Waals surface area (Å²) in [5.41, 5.74) is 8.95. The Bertz CT molecular complexity index is 1300. The number of fused-ring (bicyclic) bond motifs is 1. The number of aryl methyl sites for hydroxylation is 1. The van der Waals surface area contributed by atoms with Gasteiger partial charge in [-0.1, -0.05) is 36.8 Å². The van der Waals surface area contributed by atoms with Crippen LogP contribution in [0.2, 0.25) is 0 Å². The van der Waals surface area contributed by atoms with E-state index < -0.39 is 11.1 Å². The van der Waals surface area contributed by atoms with Gasteiger partial charge in [-0.15, -0.1) is 0 Å². The zero-order valence-corrected chi connectivity index (χ0v) is 22.4. The van der Waals surface area contributed by atoms with Crippen molar-refractivity contribution in [2.75, 3.05) is 26.9 Å². The number of hydrogen-bond donors (Lipinski definition) is 3. The van der Waals surface area contributed by atoms with E-state index in [-0.39, 0.29) is 31.8 Å². The number of aromatic nitrogens is 1. The third-order valence-electron chi connectivity index (χ3n) is 7.16. The third kappa shape index (κ3) is 5.53. The van der Waals surface area contributed by atoms with Crippen LogP contribution in [0.25, 0.3) is 11.3 Å². The number of rotatable bonds is 11. The molecule has 8 nitrogen and oxygen atoms in total. The molecule has 0 unspecified atom stereocenters. The Labute approximate surface area is 223 Å². The Balaban J connectivity index is 1.62. The summed E-state index contributed by atoms with van der Waals surface area (Å²) in [6, 6.07) is 14.7. The van der Waals surface area contributed by atoms with Gasteiger partial charge in [0.2, 0.25) is 0 Å². The zero-order valence-electron chi connectivity index (χ0n) is 22.4. The fourth-order valence-electron chi connectivity index (χ4n) is 4.55.